The third-order valence-corrected chi connectivity index (χ3v) is 2.74. The number of aliphatic carboxylic acids is 1. The van der Waals surface area contributed by atoms with Gasteiger partial charge in [-0.05, 0) is 19.8 Å². The number of methoxy groups -OCH3 is 1. The molecule has 2 amide bonds. The molecule has 6 nitrogen and oxygen atoms in total. The van der Waals surface area contributed by atoms with E-state index in [1.807, 2.05) is 13.8 Å². The molecule has 1 atom stereocenters. The summed E-state index contributed by atoms with van der Waals surface area (Å²) in [5.41, 5.74) is -0.980. The summed E-state index contributed by atoms with van der Waals surface area (Å²) in [5.74, 6) is -0.705. The molecule has 106 valence electrons. The molecule has 0 aromatic heterocycles. The van der Waals surface area contributed by atoms with E-state index in [2.05, 4.69) is 10.6 Å². The summed E-state index contributed by atoms with van der Waals surface area (Å²) in [6.45, 7) is 7.57. The lowest BCUT2D eigenvalue weighted by Gasteiger charge is -2.24. The smallest absolute Gasteiger partial charge is 0.315 e. The number of carbonyl (C=O) groups excluding carboxylic acids is 1. The second-order valence-electron chi connectivity index (χ2n) is 5.32. The van der Waals surface area contributed by atoms with Crippen LogP contribution in [0, 0.1) is 11.3 Å². The molecule has 0 radical (unpaired) electrons. The fraction of sp³-hybridized carbons (Fsp3) is 0.833. The van der Waals surface area contributed by atoms with Gasteiger partial charge in [-0.15, -0.1) is 0 Å². The Hall–Kier alpha value is -1.30. The molecule has 0 aliphatic heterocycles. The highest BCUT2D eigenvalue weighted by Gasteiger charge is 2.28. The predicted molar refractivity (Wildman–Crippen MR) is 68.5 cm³/mol. The van der Waals surface area contributed by atoms with E-state index in [0.29, 0.717) is 6.61 Å². The summed E-state index contributed by atoms with van der Waals surface area (Å²) in [4.78, 5) is 22.5. The fourth-order valence-corrected chi connectivity index (χ4v) is 1.18. The van der Waals surface area contributed by atoms with Crippen molar-refractivity contribution in [1.29, 1.82) is 0 Å². The first-order chi connectivity index (χ1) is 8.20. The van der Waals surface area contributed by atoms with E-state index in [0.717, 1.165) is 0 Å². The molecule has 0 rings (SSSR count). The zero-order chi connectivity index (χ0) is 14.3. The van der Waals surface area contributed by atoms with Crippen molar-refractivity contribution in [1.82, 2.24) is 10.6 Å². The summed E-state index contributed by atoms with van der Waals surface area (Å²) >= 11 is 0. The van der Waals surface area contributed by atoms with E-state index in [9.17, 15) is 9.59 Å². The Morgan fingerprint density at radius 2 is 1.89 bits per heavy atom. The average molecular weight is 260 g/mol. The maximum absolute atomic E-state index is 11.6. The van der Waals surface area contributed by atoms with E-state index in [4.69, 9.17) is 9.84 Å². The molecule has 0 bridgehead atoms. The highest BCUT2D eigenvalue weighted by Crippen LogP contribution is 2.12. The Labute approximate surface area is 108 Å². The molecular formula is C12H24N2O4. The molecule has 0 saturated carbocycles. The van der Waals surface area contributed by atoms with E-state index in [-0.39, 0.29) is 24.5 Å². The lowest BCUT2D eigenvalue weighted by molar-refractivity contribution is -0.146. The highest BCUT2D eigenvalue weighted by atomic mass is 16.5. The van der Waals surface area contributed by atoms with Crippen LogP contribution in [0.2, 0.25) is 0 Å². The van der Waals surface area contributed by atoms with Crippen molar-refractivity contribution in [3.8, 4) is 0 Å². The first-order valence-corrected chi connectivity index (χ1v) is 5.97. The maximum Gasteiger partial charge on any atom is 0.315 e. The van der Waals surface area contributed by atoms with Crippen molar-refractivity contribution >= 4 is 12.0 Å². The third kappa shape index (κ3) is 5.86. The number of nitrogens with one attached hydrogen (secondary N) is 2. The van der Waals surface area contributed by atoms with Crippen molar-refractivity contribution in [3.05, 3.63) is 0 Å². The van der Waals surface area contributed by atoms with Gasteiger partial charge in [0, 0.05) is 13.7 Å². The van der Waals surface area contributed by atoms with Crippen molar-refractivity contribution in [2.45, 2.75) is 33.7 Å². The minimum absolute atomic E-state index is 0.0754. The second-order valence-corrected chi connectivity index (χ2v) is 5.32. The minimum Gasteiger partial charge on any atom is -0.481 e. The number of ether oxygens (including phenoxy) is 1. The zero-order valence-corrected chi connectivity index (χ0v) is 11.7. The normalized spacial score (nSPS) is 13.2. The van der Waals surface area contributed by atoms with Gasteiger partial charge in [-0.2, -0.15) is 0 Å². The molecule has 1 unspecified atom stereocenters. The molecule has 0 aromatic carbocycles. The van der Waals surface area contributed by atoms with E-state index in [1.54, 1.807) is 21.0 Å². The average Bonchev–Trinajstić information content (AvgIpc) is 2.25. The number of urea groups is 1. The highest BCUT2D eigenvalue weighted by molar-refractivity contribution is 5.77. The minimum atomic E-state index is -0.980. The summed E-state index contributed by atoms with van der Waals surface area (Å²) in [7, 11) is 1.57. The molecule has 0 spiro atoms. The number of rotatable bonds is 7. The molecule has 0 aliphatic rings. The quantitative estimate of drug-likeness (QED) is 0.639. The lowest BCUT2D eigenvalue weighted by atomic mass is 9.94. The summed E-state index contributed by atoms with van der Waals surface area (Å²) in [6.07, 6.45) is 0. The first-order valence-electron chi connectivity index (χ1n) is 5.97. The van der Waals surface area contributed by atoms with Crippen LogP contribution in [0.25, 0.3) is 0 Å². The molecule has 6 heteroatoms. The van der Waals surface area contributed by atoms with E-state index < -0.39 is 11.4 Å². The van der Waals surface area contributed by atoms with Gasteiger partial charge in [-0.3, -0.25) is 4.79 Å². The maximum atomic E-state index is 11.6. The van der Waals surface area contributed by atoms with Gasteiger partial charge in [-0.25, -0.2) is 4.79 Å². The Balaban J connectivity index is 4.22. The lowest BCUT2D eigenvalue weighted by Crippen LogP contribution is -2.49. The van der Waals surface area contributed by atoms with Gasteiger partial charge in [-0.1, -0.05) is 13.8 Å². The van der Waals surface area contributed by atoms with Crippen molar-refractivity contribution in [3.63, 3.8) is 0 Å². The van der Waals surface area contributed by atoms with Gasteiger partial charge in [0.1, 0.15) is 0 Å². The second kappa shape index (κ2) is 7.20. The molecule has 3 N–H and O–H groups in total. The molecule has 0 heterocycles. The van der Waals surface area contributed by atoms with Crippen molar-refractivity contribution in [2.24, 2.45) is 11.3 Å². The third-order valence-electron chi connectivity index (χ3n) is 2.74. The number of hydrogen-bond donors (Lipinski definition) is 3. The Kier molecular flexibility index (Phi) is 6.68. The van der Waals surface area contributed by atoms with Crippen LogP contribution < -0.4 is 10.6 Å². The van der Waals surface area contributed by atoms with Gasteiger partial charge in [0.15, 0.2) is 0 Å². The Morgan fingerprint density at radius 1 is 1.33 bits per heavy atom. The number of carboxylic acids is 1. The number of carboxylic acid groups (broad SMARTS) is 1. The fourth-order valence-electron chi connectivity index (χ4n) is 1.18. The summed E-state index contributed by atoms with van der Waals surface area (Å²) in [6, 6.07) is -0.469. The molecular weight excluding hydrogens is 236 g/mol. The van der Waals surface area contributed by atoms with Gasteiger partial charge < -0.3 is 20.5 Å². The molecule has 0 saturated heterocycles. The molecule has 0 fully saturated rings. The van der Waals surface area contributed by atoms with Crippen LogP contribution in [0.4, 0.5) is 4.79 Å². The van der Waals surface area contributed by atoms with Crippen molar-refractivity contribution in [2.75, 3.05) is 20.3 Å². The van der Waals surface area contributed by atoms with Gasteiger partial charge in [0.05, 0.1) is 18.1 Å². The van der Waals surface area contributed by atoms with Crippen LogP contribution >= 0.6 is 0 Å². The van der Waals surface area contributed by atoms with Gasteiger partial charge in [0.2, 0.25) is 0 Å². The van der Waals surface area contributed by atoms with Crippen LogP contribution in [0.1, 0.15) is 27.7 Å². The monoisotopic (exact) mass is 260 g/mol. The Morgan fingerprint density at radius 3 is 2.28 bits per heavy atom. The Bertz CT molecular complexity index is 290. The predicted octanol–water partition coefficient (Wildman–Crippen LogP) is 1.07. The van der Waals surface area contributed by atoms with E-state index in [1.165, 1.54) is 0 Å². The van der Waals surface area contributed by atoms with Crippen LogP contribution in [0.3, 0.4) is 0 Å². The summed E-state index contributed by atoms with van der Waals surface area (Å²) < 4.78 is 5.01. The molecule has 18 heavy (non-hydrogen) atoms. The standard InChI is InChI=1S/C12H24N2O4/c1-8(2)9(6-18-5)14-11(17)13-7-12(3,4)10(15)16/h8-9H,6-7H2,1-5H3,(H,15,16)(H2,13,14,17). The summed E-state index contributed by atoms with van der Waals surface area (Å²) in [5, 5.41) is 14.2. The zero-order valence-electron chi connectivity index (χ0n) is 11.7. The number of amides is 2. The largest absolute Gasteiger partial charge is 0.481 e. The molecule has 0 aliphatic carbocycles. The van der Waals surface area contributed by atoms with Crippen LogP contribution in [0.5, 0.6) is 0 Å². The number of hydrogen-bond acceptors (Lipinski definition) is 3. The first kappa shape index (κ1) is 16.7. The SMILES string of the molecule is COCC(NC(=O)NCC(C)(C)C(=O)O)C(C)C. The topological polar surface area (TPSA) is 87.7 Å². The number of carbonyl (C=O) groups is 2. The van der Waals surface area contributed by atoms with Crippen LogP contribution in [0.15, 0.2) is 0 Å². The van der Waals surface area contributed by atoms with Gasteiger partial charge in [0.25, 0.3) is 0 Å². The van der Waals surface area contributed by atoms with Gasteiger partial charge >= 0.3 is 12.0 Å². The molecule has 0 aromatic rings. The van der Waals surface area contributed by atoms with Crippen molar-refractivity contribution < 1.29 is 19.4 Å². The van der Waals surface area contributed by atoms with Crippen LogP contribution in [-0.2, 0) is 9.53 Å². The van der Waals surface area contributed by atoms with E-state index >= 15 is 0 Å². The van der Waals surface area contributed by atoms with Crippen LogP contribution in [-0.4, -0.2) is 43.4 Å².